The lowest BCUT2D eigenvalue weighted by Crippen LogP contribution is -2.04. The molecule has 0 N–H and O–H groups in total. The fourth-order valence-corrected chi connectivity index (χ4v) is 4.98. The van der Waals surface area contributed by atoms with Gasteiger partial charge in [-0.1, -0.05) is 77.2 Å². The average Bonchev–Trinajstić information content (AvgIpc) is 3.24. The van der Waals surface area contributed by atoms with Crippen LogP contribution >= 0.6 is 22.6 Å². The molecule has 0 saturated carbocycles. The number of aliphatic imine (C=N–C) groups is 1. The van der Waals surface area contributed by atoms with E-state index in [4.69, 9.17) is 9.73 Å². The number of hydrogen-bond acceptors (Lipinski definition) is 4. The summed E-state index contributed by atoms with van der Waals surface area (Å²) < 4.78 is 9.03. The van der Waals surface area contributed by atoms with E-state index in [1.807, 2.05) is 41.0 Å². The number of nitrogens with zero attached hydrogens (tertiary/aromatic N) is 4. The highest BCUT2D eigenvalue weighted by molar-refractivity contribution is 14.1. The molecule has 0 spiro atoms. The number of para-hydroxylation sites is 1. The van der Waals surface area contributed by atoms with Gasteiger partial charge in [0.15, 0.2) is 0 Å². The van der Waals surface area contributed by atoms with E-state index < -0.39 is 0 Å². The van der Waals surface area contributed by atoms with Gasteiger partial charge in [-0.15, -0.1) is 0 Å². The molecule has 1 aliphatic heterocycles. The molecule has 0 atom stereocenters. The molecule has 6 heteroatoms. The Kier molecular flexibility index (Phi) is 5.14. The highest BCUT2D eigenvalue weighted by Gasteiger charge is 2.22. The van der Waals surface area contributed by atoms with Crippen LogP contribution < -0.4 is 4.74 Å². The first-order valence-corrected chi connectivity index (χ1v) is 12.2. The molecule has 0 bridgehead atoms. The van der Waals surface area contributed by atoms with Crippen molar-refractivity contribution in [2.75, 3.05) is 0 Å². The minimum absolute atomic E-state index is 0.533. The minimum atomic E-state index is 0.533. The molecule has 2 aromatic heterocycles. The molecule has 0 amide bonds. The maximum absolute atomic E-state index is 6.20. The quantitative estimate of drug-likeness (QED) is 0.187. The third kappa shape index (κ3) is 3.60. The Morgan fingerprint density at radius 1 is 0.848 bits per heavy atom. The van der Waals surface area contributed by atoms with Gasteiger partial charge in [0, 0.05) is 27.3 Å². The van der Waals surface area contributed by atoms with E-state index in [9.17, 15) is 0 Å². The van der Waals surface area contributed by atoms with Crippen LogP contribution in [-0.4, -0.2) is 20.3 Å². The minimum Gasteiger partial charge on any atom is -0.489 e. The van der Waals surface area contributed by atoms with Crippen LogP contribution in [-0.2, 0) is 11.0 Å². The zero-order chi connectivity index (χ0) is 22.2. The summed E-state index contributed by atoms with van der Waals surface area (Å²) in [6.07, 6.45) is 3.55. The molecule has 3 heterocycles. The lowest BCUT2D eigenvalue weighted by atomic mass is 10.0. The zero-order valence-corrected chi connectivity index (χ0v) is 19.8. The van der Waals surface area contributed by atoms with Gasteiger partial charge in [0.25, 0.3) is 0 Å². The van der Waals surface area contributed by atoms with Gasteiger partial charge < -0.3 is 4.74 Å². The van der Waals surface area contributed by atoms with Crippen molar-refractivity contribution in [2.45, 2.75) is 11.0 Å². The number of fused-ring (bicyclic) bond motifs is 2. The second-order valence-corrected chi connectivity index (χ2v) is 8.59. The summed E-state index contributed by atoms with van der Waals surface area (Å²) >= 11 is 2.39. The Morgan fingerprint density at radius 2 is 1.70 bits per heavy atom. The molecule has 5 aromatic rings. The smallest absolute Gasteiger partial charge is 0.137 e. The number of alkyl halides is 1. The van der Waals surface area contributed by atoms with Gasteiger partial charge in [-0.05, 0) is 35.4 Å². The van der Waals surface area contributed by atoms with Crippen LogP contribution in [0.4, 0.5) is 5.69 Å². The fourth-order valence-electron chi connectivity index (χ4n) is 4.24. The van der Waals surface area contributed by atoms with Crippen LogP contribution in [0, 0.1) is 0 Å². The first kappa shape index (κ1) is 20.1. The molecule has 0 unspecified atom stereocenters. The van der Waals surface area contributed by atoms with Crippen molar-refractivity contribution in [1.82, 2.24) is 14.6 Å². The lowest BCUT2D eigenvalue weighted by molar-refractivity contribution is 0.305. The molecule has 160 valence electrons. The van der Waals surface area contributed by atoms with E-state index >= 15 is 0 Å². The first-order valence-electron chi connectivity index (χ1n) is 10.7. The topological polar surface area (TPSA) is 51.8 Å². The highest BCUT2D eigenvalue weighted by atomic mass is 127. The van der Waals surface area contributed by atoms with E-state index in [0.717, 1.165) is 49.5 Å². The molecule has 3 aromatic carbocycles. The van der Waals surface area contributed by atoms with Gasteiger partial charge in [-0.25, -0.2) is 14.5 Å². The summed E-state index contributed by atoms with van der Waals surface area (Å²) in [6.45, 7) is 0.533. The van der Waals surface area contributed by atoms with E-state index in [1.54, 1.807) is 6.33 Å². The van der Waals surface area contributed by atoms with Gasteiger partial charge in [0.1, 0.15) is 29.9 Å². The number of hydrogen-bond donors (Lipinski definition) is 0. The number of ether oxygens (including phenoxy) is 1. The normalized spacial score (nSPS) is 12.2. The summed E-state index contributed by atoms with van der Waals surface area (Å²) in [4.78, 5) is 9.69. The van der Waals surface area contributed by atoms with Crippen LogP contribution in [0.3, 0.4) is 0 Å². The molecular formula is C27H19IN4O. The average molecular weight is 542 g/mol. The highest BCUT2D eigenvalue weighted by Crippen LogP contribution is 2.37. The predicted octanol–water partition coefficient (Wildman–Crippen LogP) is 6.39. The van der Waals surface area contributed by atoms with Crippen molar-refractivity contribution in [3.05, 3.63) is 114 Å². The molecule has 1 aliphatic rings. The summed E-state index contributed by atoms with van der Waals surface area (Å²) in [7, 11) is 0. The van der Waals surface area contributed by atoms with E-state index in [2.05, 4.69) is 81.2 Å². The Morgan fingerprint density at radius 3 is 2.61 bits per heavy atom. The Hall–Kier alpha value is -3.52. The molecule has 5 nitrogen and oxygen atoms in total. The molecular weight excluding hydrogens is 523 g/mol. The number of aromatic nitrogens is 3. The summed E-state index contributed by atoms with van der Waals surface area (Å²) in [5.41, 5.74) is 9.14. The van der Waals surface area contributed by atoms with Crippen molar-refractivity contribution in [3.8, 4) is 17.0 Å². The Labute approximate surface area is 204 Å². The second-order valence-electron chi connectivity index (χ2n) is 7.83. The van der Waals surface area contributed by atoms with Gasteiger partial charge in [-0.2, -0.15) is 5.10 Å². The molecule has 0 fully saturated rings. The van der Waals surface area contributed by atoms with Crippen molar-refractivity contribution >= 4 is 39.5 Å². The molecule has 0 saturated heterocycles. The van der Waals surface area contributed by atoms with Crippen LogP contribution in [0.1, 0.15) is 22.3 Å². The van der Waals surface area contributed by atoms with Gasteiger partial charge in [0.2, 0.25) is 0 Å². The maximum atomic E-state index is 6.20. The van der Waals surface area contributed by atoms with Crippen molar-refractivity contribution < 1.29 is 4.74 Å². The Bertz CT molecular complexity index is 1520. The predicted molar refractivity (Wildman–Crippen MR) is 139 cm³/mol. The van der Waals surface area contributed by atoms with Crippen LogP contribution in [0.25, 0.3) is 16.8 Å². The molecule has 0 radical (unpaired) electrons. The van der Waals surface area contributed by atoms with E-state index in [0.29, 0.717) is 6.61 Å². The molecule has 6 rings (SSSR count). The van der Waals surface area contributed by atoms with E-state index in [-0.39, 0.29) is 0 Å². The van der Waals surface area contributed by atoms with Gasteiger partial charge in [-0.3, -0.25) is 0 Å². The number of rotatable bonds is 5. The summed E-state index contributed by atoms with van der Waals surface area (Å²) in [5, 5.41) is 4.41. The van der Waals surface area contributed by atoms with E-state index in [1.165, 1.54) is 11.1 Å². The van der Waals surface area contributed by atoms with Gasteiger partial charge >= 0.3 is 0 Å². The number of halogens is 1. The maximum Gasteiger partial charge on any atom is 0.137 e. The van der Waals surface area contributed by atoms with Gasteiger partial charge in [0.05, 0.1) is 11.4 Å². The van der Waals surface area contributed by atoms with Crippen molar-refractivity contribution in [3.63, 3.8) is 0 Å². The zero-order valence-electron chi connectivity index (χ0n) is 17.6. The Balaban J connectivity index is 1.43. The fraction of sp³-hybridized carbons (Fsp3) is 0.0741. The third-order valence-corrected chi connectivity index (χ3v) is 6.69. The van der Waals surface area contributed by atoms with Crippen molar-refractivity contribution in [1.29, 1.82) is 0 Å². The van der Waals surface area contributed by atoms with Crippen molar-refractivity contribution in [2.24, 2.45) is 4.99 Å². The molecule has 0 aliphatic carbocycles. The number of benzene rings is 3. The largest absolute Gasteiger partial charge is 0.489 e. The van der Waals surface area contributed by atoms with Crippen LogP contribution in [0.5, 0.6) is 5.75 Å². The summed E-state index contributed by atoms with van der Waals surface area (Å²) in [5.74, 6) is 0.816. The summed E-state index contributed by atoms with van der Waals surface area (Å²) in [6, 6.07) is 26.7. The lowest BCUT2D eigenvalue weighted by Gasteiger charge is -2.11. The second kappa shape index (κ2) is 8.44. The molecule has 33 heavy (non-hydrogen) atoms. The third-order valence-electron chi connectivity index (χ3n) is 5.86. The SMILES string of the molecule is ICc1ccccc1COc1cccc(C2=Nc3ccccc3-c3ncnn4ccc2c34)c1. The standard InChI is InChI=1S/C27H19IN4O/c28-15-19-6-1-2-7-20(19)16-33-21-9-5-8-18(14-21)25-23-12-13-32-27(23)26(29-17-30-32)22-10-3-4-11-24(22)31-25/h1-14,17H,15-16H2. The monoisotopic (exact) mass is 542 g/mol. The van der Waals surface area contributed by atoms with Crippen LogP contribution in [0.2, 0.25) is 0 Å². The first-order chi connectivity index (χ1) is 16.3. The van der Waals surface area contributed by atoms with Crippen LogP contribution in [0.15, 0.2) is 96.4 Å².